The summed E-state index contributed by atoms with van der Waals surface area (Å²) >= 11 is 0. The van der Waals surface area contributed by atoms with Crippen LogP contribution in [0.2, 0.25) is 0 Å². The number of nitrogens with zero attached hydrogens (tertiary/aromatic N) is 2. The zero-order valence-electron chi connectivity index (χ0n) is 17.2. The quantitative estimate of drug-likeness (QED) is 0.785. The first kappa shape index (κ1) is 19.4. The molecular weight excluding hydrogens is 352 g/mol. The van der Waals surface area contributed by atoms with Gasteiger partial charge in [0.1, 0.15) is 17.1 Å². The van der Waals surface area contributed by atoms with Crippen molar-refractivity contribution in [2.24, 2.45) is 5.92 Å². The lowest BCUT2D eigenvalue weighted by atomic mass is 9.86. The molecule has 1 amide bonds. The molecule has 3 aliphatic rings. The van der Waals surface area contributed by atoms with Crippen LogP contribution >= 0.6 is 0 Å². The molecule has 1 aromatic rings. The molecule has 1 saturated carbocycles. The Morgan fingerprint density at radius 2 is 1.93 bits per heavy atom. The highest BCUT2D eigenvalue weighted by Crippen LogP contribution is 2.37. The first-order valence-electron chi connectivity index (χ1n) is 10.8. The van der Waals surface area contributed by atoms with Crippen LogP contribution in [0.3, 0.4) is 0 Å². The number of hydrogen-bond acceptors (Lipinski definition) is 4. The molecule has 5 nitrogen and oxygen atoms in total. The van der Waals surface area contributed by atoms with Crippen LogP contribution < -0.4 is 4.74 Å². The van der Waals surface area contributed by atoms with Gasteiger partial charge in [-0.25, -0.2) is 0 Å². The van der Waals surface area contributed by atoms with Crippen molar-refractivity contribution in [2.45, 2.75) is 64.5 Å². The smallest absolute Gasteiger partial charge is 0.226 e. The van der Waals surface area contributed by atoms with Gasteiger partial charge >= 0.3 is 0 Å². The molecule has 28 heavy (non-hydrogen) atoms. The van der Waals surface area contributed by atoms with Crippen molar-refractivity contribution in [3.8, 4) is 5.75 Å². The van der Waals surface area contributed by atoms with Crippen molar-refractivity contribution < 1.29 is 14.3 Å². The molecule has 1 aliphatic carbocycles. The Labute approximate surface area is 168 Å². The lowest BCUT2D eigenvalue weighted by Crippen LogP contribution is -2.54. The number of ketones is 1. The van der Waals surface area contributed by atoms with Gasteiger partial charge in [0.05, 0.1) is 6.54 Å². The predicted octanol–water partition coefficient (Wildman–Crippen LogP) is 3.33. The van der Waals surface area contributed by atoms with Crippen molar-refractivity contribution in [3.63, 3.8) is 0 Å². The zero-order valence-corrected chi connectivity index (χ0v) is 17.2. The fraction of sp³-hybridized carbons (Fsp3) is 0.652. The Morgan fingerprint density at radius 3 is 2.61 bits per heavy atom. The third-order valence-corrected chi connectivity index (χ3v) is 6.80. The van der Waals surface area contributed by atoms with E-state index in [-0.39, 0.29) is 17.4 Å². The van der Waals surface area contributed by atoms with Gasteiger partial charge in [0.25, 0.3) is 0 Å². The normalized spacial score (nSPS) is 23.2. The number of ether oxygens (including phenoxy) is 1. The van der Waals surface area contributed by atoms with Crippen LogP contribution in [0.15, 0.2) is 18.2 Å². The molecule has 1 spiro atoms. The number of fused-ring (bicyclic) bond motifs is 1. The van der Waals surface area contributed by atoms with E-state index in [0.717, 1.165) is 43.8 Å². The second kappa shape index (κ2) is 7.86. The molecule has 152 valence electrons. The average Bonchev–Trinajstić information content (AvgIpc) is 2.85. The molecular formula is C23H32N2O3. The van der Waals surface area contributed by atoms with E-state index in [2.05, 4.69) is 36.9 Å². The number of hydrogen-bond donors (Lipinski definition) is 0. The van der Waals surface area contributed by atoms with Crippen LogP contribution in [0, 0.1) is 12.8 Å². The number of Topliss-reactive ketones (excluding diaryl/α,β-unsaturated/α-hetero) is 1. The van der Waals surface area contributed by atoms with Crippen LogP contribution in [-0.4, -0.2) is 53.3 Å². The number of carbonyl (C=O) groups excluding carboxylic acids is 2. The maximum absolute atomic E-state index is 13.4. The zero-order chi connectivity index (χ0) is 19.7. The van der Waals surface area contributed by atoms with Crippen LogP contribution in [0.4, 0.5) is 0 Å². The van der Waals surface area contributed by atoms with Crippen molar-refractivity contribution in [1.29, 1.82) is 0 Å². The second-order valence-corrected chi connectivity index (χ2v) is 8.84. The monoisotopic (exact) mass is 384 g/mol. The number of likely N-dealkylation sites (tertiary alicyclic amines) is 1. The van der Waals surface area contributed by atoms with Gasteiger partial charge in [-0.1, -0.05) is 24.6 Å². The Kier molecular flexibility index (Phi) is 5.46. The molecule has 0 atom stereocenters. The summed E-state index contributed by atoms with van der Waals surface area (Å²) in [6, 6.07) is 6.32. The van der Waals surface area contributed by atoms with Crippen molar-refractivity contribution >= 4 is 11.7 Å². The number of rotatable bonds is 2. The lowest BCUT2D eigenvalue weighted by molar-refractivity contribution is -0.141. The summed E-state index contributed by atoms with van der Waals surface area (Å²) in [5.41, 5.74) is 2.00. The first-order chi connectivity index (χ1) is 13.5. The molecule has 2 aliphatic heterocycles. The molecule has 5 heteroatoms. The summed E-state index contributed by atoms with van der Waals surface area (Å²) in [5.74, 6) is 1.43. The van der Waals surface area contributed by atoms with Gasteiger partial charge in [0.2, 0.25) is 5.91 Å². The molecule has 1 saturated heterocycles. The minimum atomic E-state index is -0.299. The maximum atomic E-state index is 13.4. The highest BCUT2D eigenvalue weighted by Gasteiger charge is 2.42. The maximum Gasteiger partial charge on any atom is 0.226 e. The standard InChI is InChI=1S/C23H32N2O3/c1-3-24-12-10-23(11-13-24)16-25(22(27)18-5-7-20(26)8-6-18)15-19-14-17(2)4-9-21(19)28-23/h4,9,14,18H,3,5-8,10-13,15-16H2,1-2H3. The number of carbonyl (C=O) groups is 2. The Hall–Kier alpha value is -1.88. The average molecular weight is 385 g/mol. The predicted molar refractivity (Wildman–Crippen MR) is 108 cm³/mol. The molecule has 0 aromatic heterocycles. The highest BCUT2D eigenvalue weighted by atomic mass is 16.5. The van der Waals surface area contributed by atoms with E-state index in [9.17, 15) is 9.59 Å². The highest BCUT2D eigenvalue weighted by molar-refractivity contribution is 5.84. The Bertz CT molecular complexity index is 742. The SMILES string of the molecule is CCN1CCC2(CC1)CN(C(=O)C1CCC(=O)CC1)Cc1cc(C)ccc1O2. The van der Waals surface area contributed by atoms with E-state index >= 15 is 0 Å². The summed E-state index contributed by atoms with van der Waals surface area (Å²) in [5, 5.41) is 0. The van der Waals surface area contributed by atoms with E-state index in [1.165, 1.54) is 5.56 Å². The summed E-state index contributed by atoms with van der Waals surface area (Å²) in [6.07, 6.45) is 4.39. The molecule has 0 N–H and O–H groups in total. The topological polar surface area (TPSA) is 49.9 Å². The molecule has 2 fully saturated rings. The van der Waals surface area contributed by atoms with E-state index in [4.69, 9.17) is 4.74 Å². The van der Waals surface area contributed by atoms with Gasteiger partial charge < -0.3 is 14.5 Å². The molecule has 0 bridgehead atoms. The van der Waals surface area contributed by atoms with E-state index < -0.39 is 0 Å². The fourth-order valence-electron chi connectivity index (χ4n) is 4.94. The molecule has 2 heterocycles. The largest absolute Gasteiger partial charge is 0.485 e. The summed E-state index contributed by atoms with van der Waals surface area (Å²) < 4.78 is 6.64. The van der Waals surface area contributed by atoms with Gasteiger partial charge in [-0.3, -0.25) is 9.59 Å². The molecule has 1 aromatic carbocycles. The number of benzene rings is 1. The summed E-state index contributed by atoms with van der Waals surface area (Å²) in [7, 11) is 0. The summed E-state index contributed by atoms with van der Waals surface area (Å²) in [6.45, 7) is 8.63. The van der Waals surface area contributed by atoms with Crippen LogP contribution in [0.5, 0.6) is 5.75 Å². The number of piperidine rings is 1. The van der Waals surface area contributed by atoms with Gasteiger partial charge in [-0.2, -0.15) is 0 Å². The van der Waals surface area contributed by atoms with Crippen LogP contribution in [0.1, 0.15) is 56.6 Å². The van der Waals surface area contributed by atoms with E-state index in [1.807, 2.05) is 4.90 Å². The number of amides is 1. The lowest BCUT2D eigenvalue weighted by Gasteiger charge is -2.43. The van der Waals surface area contributed by atoms with Crippen molar-refractivity contribution in [2.75, 3.05) is 26.2 Å². The van der Waals surface area contributed by atoms with Gasteiger partial charge in [-0.05, 0) is 32.4 Å². The molecule has 0 unspecified atom stereocenters. The van der Waals surface area contributed by atoms with Gasteiger partial charge in [-0.15, -0.1) is 0 Å². The van der Waals surface area contributed by atoms with Gasteiger partial charge in [0, 0.05) is 56.8 Å². The van der Waals surface area contributed by atoms with Crippen LogP contribution in [0.25, 0.3) is 0 Å². The van der Waals surface area contributed by atoms with Crippen molar-refractivity contribution in [3.05, 3.63) is 29.3 Å². The van der Waals surface area contributed by atoms with E-state index in [1.54, 1.807) is 0 Å². The summed E-state index contributed by atoms with van der Waals surface area (Å²) in [4.78, 5) is 29.5. The Balaban J connectivity index is 1.60. The number of aryl methyl sites for hydroxylation is 1. The first-order valence-corrected chi connectivity index (χ1v) is 10.8. The van der Waals surface area contributed by atoms with Crippen LogP contribution in [-0.2, 0) is 16.1 Å². The molecule has 4 rings (SSSR count). The van der Waals surface area contributed by atoms with Gasteiger partial charge in [0.15, 0.2) is 0 Å². The minimum absolute atomic E-state index is 0.0168. The fourth-order valence-corrected chi connectivity index (χ4v) is 4.94. The van der Waals surface area contributed by atoms with E-state index in [0.29, 0.717) is 44.6 Å². The Morgan fingerprint density at radius 1 is 1.21 bits per heavy atom. The molecule has 0 radical (unpaired) electrons. The third-order valence-electron chi connectivity index (χ3n) is 6.80. The minimum Gasteiger partial charge on any atom is -0.485 e. The third kappa shape index (κ3) is 3.95. The second-order valence-electron chi connectivity index (χ2n) is 8.84. The van der Waals surface area contributed by atoms with Crippen molar-refractivity contribution in [1.82, 2.24) is 9.80 Å².